The summed E-state index contributed by atoms with van der Waals surface area (Å²) in [6.07, 6.45) is 54.3. The van der Waals surface area contributed by atoms with Gasteiger partial charge in [-0.2, -0.15) is 0 Å². The second-order valence-electron chi connectivity index (χ2n) is 14.0. The molecule has 5 nitrogen and oxygen atoms in total. The number of hydrogen-bond acceptors (Lipinski definition) is 5. The number of hydrogen-bond donors (Lipinski definition) is 1. The smallest absolute Gasteiger partial charge is 0.306 e. The molecular formula is C46H80O5. The number of esters is 2. The van der Waals surface area contributed by atoms with Crippen molar-refractivity contribution < 1.29 is 24.2 Å². The van der Waals surface area contributed by atoms with Gasteiger partial charge in [-0.05, 0) is 57.8 Å². The maximum Gasteiger partial charge on any atom is 0.306 e. The van der Waals surface area contributed by atoms with Crippen LogP contribution < -0.4 is 0 Å². The van der Waals surface area contributed by atoms with Crippen molar-refractivity contribution in [1.82, 2.24) is 0 Å². The van der Waals surface area contributed by atoms with Crippen LogP contribution in [-0.4, -0.2) is 36.4 Å². The third-order valence-electron chi connectivity index (χ3n) is 9.08. The fourth-order valence-electron chi connectivity index (χ4n) is 5.87. The van der Waals surface area contributed by atoms with Gasteiger partial charge in [0.05, 0.1) is 6.61 Å². The molecule has 0 radical (unpaired) electrons. The van der Waals surface area contributed by atoms with Gasteiger partial charge in [-0.25, -0.2) is 0 Å². The Hall–Kier alpha value is -2.40. The van der Waals surface area contributed by atoms with Gasteiger partial charge in [-0.1, -0.05) is 190 Å². The molecule has 0 aromatic rings. The van der Waals surface area contributed by atoms with Crippen LogP contribution in [0.5, 0.6) is 0 Å². The van der Waals surface area contributed by atoms with Gasteiger partial charge in [0.25, 0.3) is 0 Å². The standard InChI is InChI=1S/C46H80O5/c1-3-5-7-9-11-13-15-17-19-21-23-25-27-29-31-33-35-37-39-41-46(49)51-44(42-47)43-50-45(48)40-38-36-34-32-30-28-26-24-22-20-18-16-14-12-10-8-6-4-2/h5,7,11,13,17,19,23,25,29,31,44,47H,3-4,6,8-10,12,14-16,18,20-22,24,26-28,30,32-43H2,1-2H3/b7-5+,13-11+,19-17+,25-23+,31-29+/t44-/m0/s1. The average Bonchev–Trinajstić information content (AvgIpc) is 3.13. The molecule has 0 saturated heterocycles. The van der Waals surface area contributed by atoms with E-state index in [1.54, 1.807) is 0 Å². The Bertz CT molecular complexity index is 899. The van der Waals surface area contributed by atoms with Crippen molar-refractivity contribution in [2.45, 2.75) is 206 Å². The summed E-state index contributed by atoms with van der Waals surface area (Å²) in [6.45, 7) is 4.01. The van der Waals surface area contributed by atoms with Crippen LogP contribution in [0.2, 0.25) is 0 Å². The predicted molar refractivity (Wildman–Crippen MR) is 219 cm³/mol. The number of carbonyl (C=O) groups excluding carboxylic acids is 2. The predicted octanol–water partition coefficient (Wildman–Crippen LogP) is 13.6. The van der Waals surface area contributed by atoms with Crippen LogP contribution in [0.25, 0.3) is 0 Å². The van der Waals surface area contributed by atoms with Gasteiger partial charge in [0.15, 0.2) is 6.10 Å². The van der Waals surface area contributed by atoms with Crippen LogP contribution >= 0.6 is 0 Å². The lowest BCUT2D eigenvalue weighted by Crippen LogP contribution is -2.28. The first-order chi connectivity index (χ1) is 25.1. The number of unbranched alkanes of at least 4 members (excludes halogenated alkanes) is 20. The second-order valence-corrected chi connectivity index (χ2v) is 14.0. The first-order valence-corrected chi connectivity index (χ1v) is 21.3. The summed E-state index contributed by atoms with van der Waals surface area (Å²) in [4.78, 5) is 24.3. The minimum atomic E-state index is -0.789. The highest BCUT2D eigenvalue weighted by atomic mass is 16.6. The van der Waals surface area contributed by atoms with Gasteiger partial charge in [-0.15, -0.1) is 0 Å². The molecule has 1 atom stereocenters. The molecule has 0 unspecified atom stereocenters. The second kappa shape index (κ2) is 42.0. The molecular weight excluding hydrogens is 633 g/mol. The number of allylic oxidation sites excluding steroid dienone is 10. The van der Waals surface area contributed by atoms with Gasteiger partial charge < -0.3 is 14.6 Å². The van der Waals surface area contributed by atoms with Crippen LogP contribution in [-0.2, 0) is 19.1 Å². The highest BCUT2D eigenvalue weighted by Gasteiger charge is 2.16. The number of rotatable bonds is 38. The summed E-state index contributed by atoms with van der Waals surface area (Å²) in [7, 11) is 0. The number of aliphatic hydroxyl groups is 1. The molecule has 0 aliphatic rings. The lowest BCUT2D eigenvalue weighted by molar-refractivity contribution is -0.161. The minimum Gasteiger partial charge on any atom is -0.462 e. The Morgan fingerprint density at radius 3 is 1.27 bits per heavy atom. The Kier molecular flexibility index (Phi) is 40.0. The molecule has 0 aromatic heterocycles. The van der Waals surface area contributed by atoms with Crippen molar-refractivity contribution in [2.24, 2.45) is 0 Å². The number of ether oxygens (including phenoxy) is 2. The maximum atomic E-state index is 12.2. The molecule has 0 aliphatic carbocycles. The van der Waals surface area contributed by atoms with Crippen molar-refractivity contribution in [3.63, 3.8) is 0 Å². The topological polar surface area (TPSA) is 72.8 Å². The Morgan fingerprint density at radius 2 is 0.843 bits per heavy atom. The van der Waals surface area contributed by atoms with E-state index in [2.05, 4.69) is 74.6 Å². The molecule has 0 aromatic carbocycles. The molecule has 0 fully saturated rings. The third-order valence-corrected chi connectivity index (χ3v) is 9.08. The van der Waals surface area contributed by atoms with Crippen molar-refractivity contribution in [2.75, 3.05) is 13.2 Å². The zero-order chi connectivity index (χ0) is 37.1. The number of carbonyl (C=O) groups is 2. The van der Waals surface area contributed by atoms with E-state index < -0.39 is 6.10 Å². The Labute approximate surface area is 315 Å². The first kappa shape index (κ1) is 48.6. The summed E-state index contributed by atoms with van der Waals surface area (Å²) in [5.74, 6) is -0.625. The van der Waals surface area contributed by atoms with Crippen molar-refractivity contribution in [3.05, 3.63) is 60.8 Å². The molecule has 1 N–H and O–H groups in total. The normalized spacial score (nSPS) is 12.8. The van der Waals surface area contributed by atoms with E-state index in [0.29, 0.717) is 12.8 Å². The van der Waals surface area contributed by atoms with E-state index in [4.69, 9.17) is 9.47 Å². The number of aliphatic hydroxyl groups excluding tert-OH is 1. The zero-order valence-electron chi connectivity index (χ0n) is 33.4. The Morgan fingerprint density at radius 1 is 0.471 bits per heavy atom. The molecule has 5 heteroatoms. The van der Waals surface area contributed by atoms with Gasteiger partial charge in [0, 0.05) is 12.8 Å². The van der Waals surface area contributed by atoms with Crippen molar-refractivity contribution in [1.29, 1.82) is 0 Å². The molecule has 0 bridgehead atoms. The van der Waals surface area contributed by atoms with Crippen LogP contribution in [0.1, 0.15) is 200 Å². The minimum absolute atomic E-state index is 0.0792. The van der Waals surface area contributed by atoms with Gasteiger partial charge in [0.2, 0.25) is 0 Å². The molecule has 0 amide bonds. The van der Waals surface area contributed by atoms with Crippen molar-refractivity contribution >= 4 is 11.9 Å². The van der Waals surface area contributed by atoms with Crippen LogP contribution in [0, 0.1) is 0 Å². The highest BCUT2D eigenvalue weighted by Crippen LogP contribution is 2.15. The van der Waals surface area contributed by atoms with E-state index in [1.807, 2.05) is 0 Å². The maximum absolute atomic E-state index is 12.2. The Balaban J connectivity index is 3.60. The lowest BCUT2D eigenvalue weighted by atomic mass is 10.0. The molecule has 0 heterocycles. The summed E-state index contributed by atoms with van der Waals surface area (Å²) in [6, 6.07) is 0. The summed E-state index contributed by atoms with van der Waals surface area (Å²) in [5.41, 5.74) is 0. The van der Waals surface area contributed by atoms with E-state index in [9.17, 15) is 14.7 Å². The van der Waals surface area contributed by atoms with Crippen LogP contribution in [0.3, 0.4) is 0 Å². The van der Waals surface area contributed by atoms with Gasteiger partial charge in [-0.3, -0.25) is 9.59 Å². The monoisotopic (exact) mass is 713 g/mol. The van der Waals surface area contributed by atoms with Gasteiger partial charge in [0.1, 0.15) is 6.61 Å². The molecule has 0 rings (SSSR count). The van der Waals surface area contributed by atoms with E-state index in [0.717, 1.165) is 77.0 Å². The first-order valence-electron chi connectivity index (χ1n) is 21.3. The van der Waals surface area contributed by atoms with E-state index in [1.165, 1.54) is 96.3 Å². The molecule has 294 valence electrons. The SMILES string of the molecule is CC/C=C/C/C=C/C/C=C/C/C=C/C/C=C/CCCCCC(=O)O[C@@H](CO)COC(=O)CCCCCCCCCCCCCCCCCCCC. The average molecular weight is 713 g/mol. The van der Waals surface area contributed by atoms with E-state index >= 15 is 0 Å². The quantitative estimate of drug-likeness (QED) is 0.0392. The van der Waals surface area contributed by atoms with Crippen molar-refractivity contribution in [3.8, 4) is 0 Å². The van der Waals surface area contributed by atoms with E-state index in [-0.39, 0.29) is 25.2 Å². The molecule has 51 heavy (non-hydrogen) atoms. The largest absolute Gasteiger partial charge is 0.462 e. The highest BCUT2D eigenvalue weighted by molar-refractivity contribution is 5.70. The molecule has 0 saturated carbocycles. The van der Waals surface area contributed by atoms with Crippen LogP contribution in [0.15, 0.2) is 60.8 Å². The fraction of sp³-hybridized carbons (Fsp3) is 0.739. The summed E-state index contributed by atoms with van der Waals surface area (Å²) in [5, 5.41) is 9.57. The van der Waals surface area contributed by atoms with Crippen LogP contribution in [0.4, 0.5) is 0 Å². The third kappa shape index (κ3) is 40.2. The zero-order valence-corrected chi connectivity index (χ0v) is 33.4. The fourth-order valence-corrected chi connectivity index (χ4v) is 5.87. The lowest BCUT2D eigenvalue weighted by Gasteiger charge is -2.15. The van der Waals surface area contributed by atoms with Gasteiger partial charge >= 0.3 is 11.9 Å². The molecule has 0 spiro atoms. The summed E-state index contributed by atoms with van der Waals surface area (Å²) < 4.78 is 10.6. The summed E-state index contributed by atoms with van der Waals surface area (Å²) >= 11 is 0. The molecule has 0 aliphatic heterocycles.